The number of carbonyl (C=O) groups excluding carboxylic acids is 3. The Morgan fingerprint density at radius 2 is 1.63 bits per heavy atom. The van der Waals surface area contributed by atoms with E-state index in [4.69, 9.17) is 0 Å². The zero-order valence-electron chi connectivity index (χ0n) is 15.3. The molecule has 3 rings (SSSR count). The van der Waals surface area contributed by atoms with Crippen LogP contribution in [0.5, 0.6) is 0 Å². The highest BCUT2D eigenvalue weighted by molar-refractivity contribution is 7.89. The van der Waals surface area contributed by atoms with Crippen molar-refractivity contribution in [2.75, 3.05) is 46.3 Å². The van der Waals surface area contributed by atoms with Gasteiger partial charge in [0.15, 0.2) is 0 Å². The van der Waals surface area contributed by atoms with Crippen LogP contribution in [0.2, 0.25) is 0 Å². The molecule has 27 heavy (non-hydrogen) atoms. The van der Waals surface area contributed by atoms with Gasteiger partial charge >= 0.3 is 6.03 Å². The first kappa shape index (κ1) is 19.3. The average Bonchev–Trinajstić information content (AvgIpc) is 2.88. The minimum Gasteiger partial charge on any atom is -0.338 e. The van der Waals surface area contributed by atoms with Crippen LogP contribution in [0, 0.1) is 6.92 Å². The summed E-state index contributed by atoms with van der Waals surface area (Å²) in [6.07, 6.45) is 0. The van der Waals surface area contributed by atoms with E-state index in [1.165, 1.54) is 21.2 Å². The Bertz CT molecular complexity index is 860. The Morgan fingerprint density at radius 3 is 2.15 bits per heavy atom. The third-order valence-electron chi connectivity index (χ3n) is 4.77. The lowest BCUT2D eigenvalue weighted by molar-refractivity contribution is -0.137. The Morgan fingerprint density at radius 1 is 1.04 bits per heavy atom. The van der Waals surface area contributed by atoms with Gasteiger partial charge in [-0.2, -0.15) is 4.31 Å². The molecule has 2 heterocycles. The molecule has 2 aliphatic rings. The molecule has 0 saturated carbocycles. The molecule has 0 bridgehead atoms. The second-order valence-electron chi connectivity index (χ2n) is 6.72. The maximum atomic E-state index is 12.7. The van der Waals surface area contributed by atoms with E-state index in [1.54, 1.807) is 24.3 Å². The maximum Gasteiger partial charge on any atom is 0.327 e. The highest BCUT2D eigenvalue weighted by Crippen LogP contribution is 2.18. The molecule has 146 valence electrons. The fourth-order valence-corrected chi connectivity index (χ4v) is 4.52. The molecule has 0 radical (unpaired) electrons. The van der Waals surface area contributed by atoms with Crippen LogP contribution in [-0.4, -0.2) is 91.6 Å². The number of benzene rings is 1. The van der Waals surface area contributed by atoms with Gasteiger partial charge in [0.2, 0.25) is 15.9 Å². The predicted octanol–water partition coefficient (Wildman–Crippen LogP) is -0.278. The summed E-state index contributed by atoms with van der Waals surface area (Å²) < 4.78 is 26.7. The summed E-state index contributed by atoms with van der Waals surface area (Å²) in [4.78, 5) is 40.0. The first-order valence-electron chi connectivity index (χ1n) is 8.60. The molecule has 1 aromatic carbocycles. The third kappa shape index (κ3) is 3.81. The van der Waals surface area contributed by atoms with E-state index in [1.807, 2.05) is 6.92 Å². The molecule has 9 nitrogen and oxygen atoms in total. The van der Waals surface area contributed by atoms with Crippen molar-refractivity contribution in [3.05, 3.63) is 29.8 Å². The quantitative estimate of drug-likeness (QED) is 0.655. The highest BCUT2D eigenvalue weighted by atomic mass is 32.2. The van der Waals surface area contributed by atoms with E-state index in [-0.39, 0.29) is 50.1 Å². The minimum absolute atomic E-state index is 0.0331. The van der Waals surface area contributed by atoms with Crippen LogP contribution in [0.15, 0.2) is 29.2 Å². The molecule has 0 spiro atoms. The standard InChI is InChI=1S/C17H22N4O5S/c1-13-3-5-14(6-4-13)27(25,26)20-9-7-19(8-10-20)15(22)12-21-16(23)11-18(2)17(21)24/h3-6H,7-12H2,1-2H3. The molecule has 4 amide bonds. The Labute approximate surface area is 158 Å². The van der Waals surface area contributed by atoms with E-state index in [9.17, 15) is 22.8 Å². The molecular weight excluding hydrogens is 372 g/mol. The van der Waals surface area contributed by atoms with Gasteiger partial charge in [0, 0.05) is 33.2 Å². The molecule has 0 aromatic heterocycles. The number of rotatable bonds is 4. The number of imide groups is 1. The average molecular weight is 394 g/mol. The number of likely N-dealkylation sites (N-methyl/N-ethyl adjacent to an activating group) is 1. The molecule has 2 saturated heterocycles. The summed E-state index contributed by atoms with van der Waals surface area (Å²) in [5.74, 6) is -0.768. The van der Waals surface area contributed by atoms with Crippen molar-refractivity contribution in [3.63, 3.8) is 0 Å². The van der Waals surface area contributed by atoms with E-state index in [0.29, 0.717) is 0 Å². The number of aryl methyl sites for hydroxylation is 1. The molecule has 2 aliphatic heterocycles. The van der Waals surface area contributed by atoms with Gasteiger partial charge in [0.25, 0.3) is 5.91 Å². The highest BCUT2D eigenvalue weighted by Gasteiger charge is 2.37. The largest absolute Gasteiger partial charge is 0.338 e. The molecule has 0 unspecified atom stereocenters. The number of sulfonamides is 1. The zero-order valence-corrected chi connectivity index (χ0v) is 16.1. The number of nitrogens with zero attached hydrogens (tertiary/aromatic N) is 4. The fraction of sp³-hybridized carbons (Fsp3) is 0.471. The van der Waals surface area contributed by atoms with Crippen molar-refractivity contribution in [1.29, 1.82) is 0 Å². The number of carbonyl (C=O) groups is 3. The number of urea groups is 1. The van der Waals surface area contributed by atoms with Crippen LogP contribution in [0.3, 0.4) is 0 Å². The van der Waals surface area contributed by atoms with E-state index in [0.717, 1.165) is 10.5 Å². The molecule has 10 heteroatoms. The normalized spacial score (nSPS) is 19.1. The summed E-state index contributed by atoms with van der Waals surface area (Å²) in [7, 11) is -2.11. The number of amides is 4. The van der Waals surface area contributed by atoms with E-state index < -0.39 is 22.0 Å². The summed E-state index contributed by atoms with van der Waals surface area (Å²) in [6, 6.07) is 6.14. The van der Waals surface area contributed by atoms with Gasteiger partial charge in [-0.15, -0.1) is 0 Å². The van der Waals surface area contributed by atoms with Crippen LogP contribution in [-0.2, 0) is 19.6 Å². The van der Waals surface area contributed by atoms with Crippen LogP contribution < -0.4 is 0 Å². The van der Waals surface area contributed by atoms with Crippen LogP contribution >= 0.6 is 0 Å². The van der Waals surface area contributed by atoms with Gasteiger partial charge in [-0.1, -0.05) is 17.7 Å². The minimum atomic E-state index is -3.61. The van der Waals surface area contributed by atoms with Gasteiger partial charge in [-0.3, -0.25) is 14.5 Å². The number of hydrogen-bond acceptors (Lipinski definition) is 5. The number of hydrogen-bond donors (Lipinski definition) is 0. The SMILES string of the molecule is Cc1ccc(S(=O)(=O)N2CCN(C(=O)CN3C(=O)CN(C)C3=O)CC2)cc1. The zero-order chi connectivity index (χ0) is 19.8. The van der Waals surface area contributed by atoms with Crippen molar-refractivity contribution >= 4 is 27.9 Å². The molecule has 0 aliphatic carbocycles. The predicted molar refractivity (Wildman–Crippen MR) is 96.3 cm³/mol. The lowest BCUT2D eigenvalue weighted by Gasteiger charge is -2.34. The molecular formula is C17H22N4O5S. The van der Waals surface area contributed by atoms with Gasteiger partial charge in [-0.25, -0.2) is 13.2 Å². The second-order valence-corrected chi connectivity index (χ2v) is 8.65. The van der Waals surface area contributed by atoms with Gasteiger partial charge in [-0.05, 0) is 19.1 Å². The Hall–Kier alpha value is -2.46. The molecule has 2 fully saturated rings. The topological polar surface area (TPSA) is 98.3 Å². The maximum absolute atomic E-state index is 12.7. The Balaban J connectivity index is 1.60. The Kier molecular flexibility index (Phi) is 5.20. The first-order valence-corrected chi connectivity index (χ1v) is 10.0. The van der Waals surface area contributed by atoms with Crippen molar-refractivity contribution in [1.82, 2.24) is 19.0 Å². The first-order chi connectivity index (χ1) is 12.7. The molecule has 0 N–H and O–H groups in total. The van der Waals surface area contributed by atoms with Crippen molar-refractivity contribution in [3.8, 4) is 0 Å². The third-order valence-corrected chi connectivity index (χ3v) is 6.69. The van der Waals surface area contributed by atoms with Gasteiger partial charge in [0.05, 0.1) is 4.90 Å². The van der Waals surface area contributed by atoms with E-state index in [2.05, 4.69) is 0 Å². The fourth-order valence-electron chi connectivity index (χ4n) is 3.10. The van der Waals surface area contributed by atoms with E-state index >= 15 is 0 Å². The van der Waals surface area contributed by atoms with Gasteiger partial charge < -0.3 is 9.80 Å². The molecule has 0 atom stereocenters. The smallest absolute Gasteiger partial charge is 0.327 e. The van der Waals surface area contributed by atoms with Crippen LogP contribution in [0.1, 0.15) is 5.56 Å². The molecule has 1 aromatic rings. The monoisotopic (exact) mass is 394 g/mol. The van der Waals surface area contributed by atoms with Crippen LogP contribution in [0.25, 0.3) is 0 Å². The summed E-state index contributed by atoms with van der Waals surface area (Å²) >= 11 is 0. The summed E-state index contributed by atoms with van der Waals surface area (Å²) in [6.45, 7) is 2.31. The van der Waals surface area contributed by atoms with Gasteiger partial charge in [0.1, 0.15) is 13.1 Å². The summed E-state index contributed by atoms with van der Waals surface area (Å²) in [5.41, 5.74) is 0.973. The lowest BCUT2D eigenvalue weighted by Crippen LogP contribution is -2.53. The number of piperazine rings is 1. The van der Waals surface area contributed by atoms with Crippen molar-refractivity contribution in [2.24, 2.45) is 0 Å². The van der Waals surface area contributed by atoms with Crippen molar-refractivity contribution < 1.29 is 22.8 Å². The summed E-state index contributed by atoms with van der Waals surface area (Å²) in [5, 5.41) is 0. The lowest BCUT2D eigenvalue weighted by atomic mass is 10.2. The second kappa shape index (κ2) is 7.28. The van der Waals surface area contributed by atoms with Crippen LogP contribution in [0.4, 0.5) is 4.79 Å². The van der Waals surface area contributed by atoms with Crippen molar-refractivity contribution in [2.45, 2.75) is 11.8 Å².